The van der Waals surface area contributed by atoms with Crippen LogP contribution >= 0.6 is 0 Å². The molecule has 0 aliphatic heterocycles. The number of unbranched alkanes of at least 4 members (excludes halogenated alkanes) is 5. The van der Waals surface area contributed by atoms with Crippen molar-refractivity contribution in [2.24, 2.45) is 5.92 Å². The van der Waals surface area contributed by atoms with Crippen LogP contribution in [0, 0.1) is 5.92 Å². The Hall–Kier alpha value is -0.120. The van der Waals surface area contributed by atoms with Crippen molar-refractivity contribution in [2.75, 3.05) is 27.4 Å². The van der Waals surface area contributed by atoms with E-state index in [9.17, 15) is 0 Å². The predicted molar refractivity (Wildman–Crippen MR) is 85.0 cm³/mol. The zero-order valence-electron chi connectivity index (χ0n) is 14.4. The molecule has 0 aliphatic carbocycles. The van der Waals surface area contributed by atoms with Crippen molar-refractivity contribution < 1.29 is 14.2 Å². The highest BCUT2D eigenvalue weighted by Crippen LogP contribution is 2.28. The highest BCUT2D eigenvalue weighted by atomic mass is 16.7. The molecule has 0 aliphatic rings. The standard InChI is InChI=1S/C17H36O3/c1-6-8-9-10-11-12-13-16(15-20-14-7-2)17(3,18-4)19-5/h16H,6-15H2,1-5H3. The predicted octanol–water partition coefficient (Wildman–Crippen LogP) is 4.79. The van der Waals surface area contributed by atoms with Crippen LogP contribution in [0.2, 0.25) is 0 Å². The highest BCUT2D eigenvalue weighted by Gasteiger charge is 2.33. The zero-order chi connectivity index (χ0) is 15.3. The van der Waals surface area contributed by atoms with Crippen LogP contribution in [0.1, 0.15) is 72.1 Å². The second-order valence-corrected chi connectivity index (χ2v) is 5.75. The third kappa shape index (κ3) is 8.23. The van der Waals surface area contributed by atoms with Crippen LogP contribution in [-0.2, 0) is 14.2 Å². The number of hydrogen-bond donors (Lipinski definition) is 0. The monoisotopic (exact) mass is 288 g/mol. The van der Waals surface area contributed by atoms with E-state index in [1.165, 1.54) is 38.5 Å². The lowest BCUT2D eigenvalue weighted by molar-refractivity contribution is -0.237. The molecule has 0 aromatic carbocycles. The van der Waals surface area contributed by atoms with Gasteiger partial charge in [0, 0.05) is 26.7 Å². The zero-order valence-corrected chi connectivity index (χ0v) is 14.4. The summed E-state index contributed by atoms with van der Waals surface area (Å²) in [7, 11) is 3.44. The number of ether oxygens (including phenoxy) is 3. The molecule has 0 saturated carbocycles. The smallest absolute Gasteiger partial charge is 0.169 e. The SMILES string of the molecule is CCCCCCCCC(COCCC)C(C)(OC)OC. The molecule has 3 heteroatoms. The van der Waals surface area contributed by atoms with E-state index in [2.05, 4.69) is 13.8 Å². The van der Waals surface area contributed by atoms with Crippen LogP contribution in [0.25, 0.3) is 0 Å². The molecule has 0 radical (unpaired) electrons. The molecular formula is C17H36O3. The molecule has 1 atom stereocenters. The van der Waals surface area contributed by atoms with Gasteiger partial charge in [0.25, 0.3) is 0 Å². The van der Waals surface area contributed by atoms with Gasteiger partial charge in [-0.2, -0.15) is 0 Å². The molecule has 122 valence electrons. The van der Waals surface area contributed by atoms with Crippen LogP contribution in [0.3, 0.4) is 0 Å². The summed E-state index contributed by atoms with van der Waals surface area (Å²) in [5.41, 5.74) is 0. The molecule has 0 heterocycles. The maximum Gasteiger partial charge on any atom is 0.169 e. The first-order chi connectivity index (χ1) is 9.64. The molecule has 1 unspecified atom stereocenters. The Morgan fingerprint density at radius 2 is 1.45 bits per heavy atom. The first-order valence-corrected chi connectivity index (χ1v) is 8.32. The van der Waals surface area contributed by atoms with Gasteiger partial charge in [-0.05, 0) is 19.8 Å². The van der Waals surface area contributed by atoms with Crippen molar-refractivity contribution in [1.29, 1.82) is 0 Å². The van der Waals surface area contributed by atoms with Crippen LogP contribution in [0.15, 0.2) is 0 Å². The Morgan fingerprint density at radius 3 is 2.00 bits per heavy atom. The molecule has 0 fully saturated rings. The quantitative estimate of drug-likeness (QED) is 0.340. The van der Waals surface area contributed by atoms with Gasteiger partial charge in [-0.1, -0.05) is 52.4 Å². The van der Waals surface area contributed by atoms with Gasteiger partial charge in [0.2, 0.25) is 0 Å². The molecule has 0 saturated heterocycles. The summed E-state index contributed by atoms with van der Waals surface area (Å²) in [6.07, 6.45) is 10.1. The lowest BCUT2D eigenvalue weighted by atomic mass is 9.93. The fourth-order valence-corrected chi connectivity index (χ4v) is 2.45. The largest absolute Gasteiger partial charge is 0.381 e. The first kappa shape index (κ1) is 19.9. The van der Waals surface area contributed by atoms with E-state index >= 15 is 0 Å². The summed E-state index contributed by atoms with van der Waals surface area (Å²) >= 11 is 0. The summed E-state index contributed by atoms with van der Waals surface area (Å²) in [4.78, 5) is 0. The Kier molecular flexibility index (Phi) is 12.5. The molecule has 20 heavy (non-hydrogen) atoms. The Balaban J connectivity index is 4.10. The van der Waals surface area contributed by atoms with Gasteiger partial charge in [-0.3, -0.25) is 0 Å². The van der Waals surface area contributed by atoms with Crippen molar-refractivity contribution in [1.82, 2.24) is 0 Å². The van der Waals surface area contributed by atoms with Crippen molar-refractivity contribution >= 4 is 0 Å². The van der Waals surface area contributed by atoms with E-state index in [1.54, 1.807) is 14.2 Å². The molecular weight excluding hydrogens is 252 g/mol. The Morgan fingerprint density at radius 1 is 0.850 bits per heavy atom. The fourth-order valence-electron chi connectivity index (χ4n) is 2.45. The molecule has 0 rings (SSSR count). The molecule has 0 aromatic heterocycles. The van der Waals surface area contributed by atoms with Crippen LogP contribution in [0.5, 0.6) is 0 Å². The Labute approximate surface area is 126 Å². The Bertz CT molecular complexity index is 202. The minimum absolute atomic E-state index is 0.301. The molecule has 3 nitrogen and oxygen atoms in total. The van der Waals surface area contributed by atoms with E-state index in [0.29, 0.717) is 5.92 Å². The number of rotatable bonds is 14. The second-order valence-electron chi connectivity index (χ2n) is 5.75. The molecule has 0 aromatic rings. The van der Waals surface area contributed by atoms with Gasteiger partial charge in [0.05, 0.1) is 6.61 Å². The lowest BCUT2D eigenvalue weighted by Crippen LogP contribution is -2.41. The second kappa shape index (κ2) is 12.6. The van der Waals surface area contributed by atoms with E-state index in [1.807, 2.05) is 6.92 Å². The van der Waals surface area contributed by atoms with Gasteiger partial charge in [-0.15, -0.1) is 0 Å². The van der Waals surface area contributed by atoms with E-state index < -0.39 is 5.79 Å². The molecule has 0 spiro atoms. The third-order valence-electron chi connectivity index (χ3n) is 4.13. The van der Waals surface area contributed by atoms with Crippen molar-refractivity contribution in [3.8, 4) is 0 Å². The van der Waals surface area contributed by atoms with Crippen molar-refractivity contribution in [3.63, 3.8) is 0 Å². The van der Waals surface area contributed by atoms with E-state index in [-0.39, 0.29) is 0 Å². The van der Waals surface area contributed by atoms with Crippen LogP contribution < -0.4 is 0 Å². The van der Waals surface area contributed by atoms with Gasteiger partial charge in [0.1, 0.15) is 0 Å². The van der Waals surface area contributed by atoms with E-state index in [4.69, 9.17) is 14.2 Å². The lowest BCUT2D eigenvalue weighted by Gasteiger charge is -2.35. The molecule has 0 bridgehead atoms. The van der Waals surface area contributed by atoms with E-state index in [0.717, 1.165) is 26.1 Å². The van der Waals surface area contributed by atoms with Gasteiger partial charge < -0.3 is 14.2 Å². The summed E-state index contributed by atoms with van der Waals surface area (Å²) in [5, 5.41) is 0. The van der Waals surface area contributed by atoms with Crippen LogP contribution in [0.4, 0.5) is 0 Å². The minimum Gasteiger partial charge on any atom is -0.381 e. The highest BCUT2D eigenvalue weighted by molar-refractivity contribution is 4.75. The van der Waals surface area contributed by atoms with Crippen molar-refractivity contribution in [3.05, 3.63) is 0 Å². The summed E-state index contributed by atoms with van der Waals surface area (Å²) in [6, 6.07) is 0. The van der Waals surface area contributed by atoms with Gasteiger partial charge >= 0.3 is 0 Å². The molecule has 0 N–H and O–H groups in total. The number of hydrogen-bond acceptors (Lipinski definition) is 3. The maximum atomic E-state index is 5.73. The summed E-state index contributed by atoms with van der Waals surface area (Å²) < 4.78 is 16.9. The fraction of sp³-hybridized carbons (Fsp3) is 1.00. The average Bonchev–Trinajstić information content (AvgIpc) is 2.48. The summed E-state index contributed by atoms with van der Waals surface area (Å²) in [5.74, 6) is -0.229. The molecule has 0 amide bonds. The van der Waals surface area contributed by atoms with Crippen LogP contribution in [-0.4, -0.2) is 33.2 Å². The first-order valence-electron chi connectivity index (χ1n) is 8.32. The van der Waals surface area contributed by atoms with Gasteiger partial charge in [-0.25, -0.2) is 0 Å². The summed E-state index contributed by atoms with van der Waals surface area (Å²) in [6.45, 7) is 7.94. The average molecular weight is 288 g/mol. The number of methoxy groups -OCH3 is 2. The maximum absolute atomic E-state index is 5.73. The van der Waals surface area contributed by atoms with Crippen molar-refractivity contribution in [2.45, 2.75) is 77.9 Å². The topological polar surface area (TPSA) is 27.7 Å². The normalized spacial score (nSPS) is 13.7. The third-order valence-corrected chi connectivity index (χ3v) is 4.13. The van der Waals surface area contributed by atoms with Gasteiger partial charge in [0.15, 0.2) is 5.79 Å². The minimum atomic E-state index is -0.531.